The molecule has 0 N–H and O–H groups in total. The molecule has 6 heteroatoms. The second-order valence-electron chi connectivity index (χ2n) is 13.5. The maximum Gasteiger partial charge on any atom is 0.306 e. The molecule has 206 valence electrons. The van der Waals surface area contributed by atoms with Crippen molar-refractivity contribution in [3.8, 4) is 0 Å². The number of ether oxygens (including phenoxy) is 2. The summed E-state index contributed by atoms with van der Waals surface area (Å²) in [6, 6.07) is 0.453. The van der Waals surface area contributed by atoms with Gasteiger partial charge in [-0.1, -0.05) is 46.3 Å². The highest BCUT2D eigenvalue weighted by molar-refractivity contribution is 5.71. The van der Waals surface area contributed by atoms with Crippen molar-refractivity contribution in [1.82, 2.24) is 15.0 Å². The van der Waals surface area contributed by atoms with E-state index in [0.29, 0.717) is 29.7 Å². The Kier molecular flexibility index (Phi) is 10.0. The Balaban J connectivity index is 1.70. The number of carbonyl (C=O) groups excluding carboxylic acids is 1. The summed E-state index contributed by atoms with van der Waals surface area (Å²) in [4.78, 5) is 12.8. The van der Waals surface area contributed by atoms with Crippen LogP contribution in [0.15, 0.2) is 0 Å². The first-order valence-corrected chi connectivity index (χ1v) is 14.7. The second kappa shape index (κ2) is 12.4. The lowest BCUT2D eigenvalue weighted by molar-refractivity contribution is -0.155. The third-order valence-electron chi connectivity index (χ3n) is 8.36. The molecule has 0 radical (unpaired) electrons. The molecule has 2 aliphatic carbocycles. The van der Waals surface area contributed by atoms with E-state index in [2.05, 4.69) is 39.3 Å². The molecule has 0 spiro atoms. The van der Waals surface area contributed by atoms with Crippen LogP contribution in [0.25, 0.3) is 0 Å². The van der Waals surface area contributed by atoms with Crippen molar-refractivity contribution in [3.05, 3.63) is 11.4 Å². The maximum absolute atomic E-state index is 12.8. The Hall–Kier alpha value is -1.43. The van der Waals surface area contributed by atoms with Crippen LogP contribution in [0.4, 0.5) is 0 Å². The van der Waals surface area contributed by atoms with E-state index in [4.69, 9.17) is 19.8 Å². The summed E-state index contributed by atoms with van der Waals surface area (Å²) in [5.74, 6) is 1.90. The average Bonchev–Trinajstić information content (AvgIpc) is 3.49. The Labute approximate surface area is 220 Å². The molecule has 0 bridgehead atoms. The molecule has 1 atom stereocenters. The van der Waals surface area contributed by atoms with Gasteiger partial charge in [-0.05, 0) is 89.4 Å². The van der Waals surface area contributed by atoms with Crippen molar-refractivity contribution in [2.24, 2.45) is 17.3 Å². The molecule has 1 aromatic heterocycles. The Morgan fingerprint density at radius 1 is 1.08 bits per heavy atom. The quantitative estimate of drug-likeness (QED) is 0.182. The highest BCUT2D eigenvalue weighted by atomic mass is 16.6. The van der Waals surface area contributed by atoms with E-state index in [-0.39, 0.29) is 11.9 Å². The van der Waals surface area contributed by atoms with Crippen LogP contribution in [0.5, 0.6) is 0 Å². The summed E-state index contributed by atoms with van der Waals surface area (Å²) in [7, 11) is 0. The van der Waals surface area contributed by atoms with Gasteiger partial charge in [-0.3, -0.25) is 4.79 Å². The van der Waals surface area contributed by atoms with Crippen molar-refractivity contribution in [3.63, 3.8) is 0 Å². The largest absolute Gasteiger partial charge is 0.460 e. The third-order valence-corrected chi connectivity index (χ3v) is 8.36. The predicted octanol–water partition coefficient (Wildman–Crippen LogP) is 7.59. The summed E-state index contributed by atoms with van der Waals surface area (Å²) >= 11 is 0. The van der Waals surface area contributed by atoms with Gasteiger partial charge in [0.05, 0.1) is 23.9 Å². The number of aromatic nitrogens is 3. The molecule has 3 rings (SSSR count). The zero-order valence-corrected chi connectivity index (χ0v) is 24.4. The van der Waals surface area contributed by atoms with E-state index >= 15 is 0 Å². The summed E-state index contributed by atoms with van der Waals surface area (Å²) in [5.41, 5.74) is 2.25. The van der Waals surface area contributed by atoms with Crippen molar-refractivity contribution in [2.45, 2.75) is 143 Å². The van der Waals surface area contributed by atoms with Crippen molar-refractivity contribution < 1.29 is 14.3 Å². The molecule has 0 unspecified atom stereocenters. The summed E-state index contributed by atoms with van der Waals surface area (Å²) in [5, 5.41) is 9.47. The third kappa shape index (κ3) is 8.29. The van der Waals surface area contributed by atoms with E-state index in [9.17, 15) is 4.79 Å². The van der Waals surface area contributed by atoms with Gasteiger partial charge < -0.3 is 9.47 Å². The highest BCUT2D eigenvalue weighted by Gasteiger charge is 2.41. The van der Waals surface area contributed by atoms with Gasteiger partial charge in [-0.15, -0.1) is 5.10 Å². The van der Waals surface area contributed by atoms with Crippen LogP contribution in [0.1, 0.15) is 149 Å². The molecule has 0 aromatic carbocycles. The fourth-order valence-corrected chi connectivity index (χ4v) is 5.37. The van der Waals surface area contributed by atoms with Gasteiger partial charge >= 0.3 is 5.97 Å². The SMILES string of the molecule is CCCCOCCC[C@@H](CC(=O)OC(C)(C)C)c1nnn([C@H]2C[C@@H](CC(C)(C)C(C)C)C2)c1C1CC1. The molecular weight excluding hydrogens is 450 g/mol. The number of rotatable bonds is 15. The van der Waals surface area contributed by atoms with Crippen LogP contribution < -0.4 is 0 Å². The van der Waals surface area contributed by atoms with Gasteiger partial charge in [-0.2, -0.15) is 0 Å². The monoisotopic (exact) mass is 503 g/mol. The van der Waals surface area contributed by atoms with E-state index in [0.717, 1.165) is 50.5 Å². The van der Waals surface area contributed by atoms with Gasteiger partial charge in [0.25, 0.3) is 0 Å². The summed E-state index contributed by atoms with van der Waals surface area (Å²) < 4.78 is 13.8. The molecular formula is C30H53N3O3. The van der Waals surface area contributed by atoms with E-state index in [1.54, 1.807) is 0 Å². The van der Waals surface area contributed by atoms with Crippen LogP contribution in [-0.4, -0.2) is 39.8 Å². The minimum Gasteiger partial charge on any atom is -0.460 e. The van der Waals surface area contributed by atoms with Crippen molar-refractivity contribution in [1.29, 1.82) is 0 Å². The lowest BCUT2D eigenvalue weighted by atomic mass is 9.67. The van der Waals surface area contributed by atoms with E-state index < -0.39 is 5.60 Å². The first-order valence-electron chi connectivity index (χ1n) is 14.7. The lowest BCUT2D eigenvalue weighted by Gasteiger charge is -2.42. The fourth-order valence-electron chi connectivity index (χ4n) is 5.37. The number of hydrogen-bond acceptors (Lipinski definition) is 5. The van der Waals surface area contributed by atoms with Crippen LogP contribution in [0.2, 0.25) is 0 Å². The van der Waals surface area contributed by atoms with Gasteiger partial charge in [0.15, 0.2) is 0 Å². The van der Waals surface area contributed by atoms with Crippen LogP contribution >= 0.6 is 0 Å². The number of carbonyl (C=O) groups is 1. The predicted molar refractivity (Wildman–Crippen MR) is 145 cm³/mol. The number of esters is 1. The first kappa shape index (κ1) is 29.1. The smallest absolute Gasteiger partial charge is 0.306 e. The first-order chi connectivity index (χ1) is 16.9. The molecule has 0 saturated heterocycles. The number of unbranched alkanes of at least 4 members (excludes halogenated alkanes) is 1. The highest BCUT2D eigenvalue weighted by Crippen LogP contribution is 2.50. The topological polar surface area (TPSA) is 66.2 Å². The maximum atomic E-state index is 12.8. The second-order valence-corrected chi connectivity index (χ2v) is 13.5. The van der Waals surface area contributed by atoms with Crippen molar-refractivity contribution in [2.75, 3.05) is 13.2 Å². The Morgan fingerprint density at radius 2 is 1.75 bits per heavy atom. The number of nitrogens with zero attached hydrogens (tertiary/aromatic N) is 3. The lowest BCUT2D eigenvalue weighted by Crippen LogP contribution is -2.33. The fraction of sp³-hybridized carbons (Fsp3) is 0.900. The van der Waals surface area contributed by atoms with E-state index in [1.165, 1.54) is 37.8 Å². The van der Waals surface area contributed by atoms with Crippen LogP contribution in [-0.2, 0) is 14.3 Å². The van der Waals surface area contributed by atoms with Crippen LogP contribution in [0, 0.1) is 17.3 Å². The van der Waals surface area contributed by atoms with Gasteiger partial charge in [0.2, 0.25) is 0 Å². The van der Waals surface area contributed by atoms with E-state index in [1.807, 2.05) is 20.8 Å². The summed E-state index contributed by atoms with van der Waals surface area (Å²) in [6.07, 6.45) is 10.5. The van der Waals surface area contributed by atoms with Crippen molar-refractivity contribution >= 4 is 5.97 Å². The Morgan fingerprint density at radius 3 is 2.33 bits per heavy atom. The molecule has 2 fully saturated rings. The van der Waals surface area contributed by atoms with Gasteiger partial charge in [-0.25, -0.2) is 4.68 Å². The molecule has 36 heavy (non-hydrogen) atoms. The Bertz CT molecular complexity index is 829. The average molecular weight is 504 g/mol. The van der Waals surface area contributed by atoms with Crippen LogP contribution in [0.3, 0.4) is 0 Å². The summed E-state index contributed by atoms with van der Waals surface area (Å²) in [6.45, 7) is 19.0. The standard InChI is InChI=1S/C30H53N3O3/c1-9-10-15-35-16-11-12-24(19-26(34)36-29(4,5)6)27-28(23-13-14-23)33(32-31-27)25-17-22(18-25)20-30(7,8)21(2)3/h21-25H,9-20H2,1-8H3/t22-,24-,25+/m0/s1. The molecule has 0 amide bonds. The molecule has 1 heterocycles. The molecule has 1 aromatic rings. The number of hydrogen-bond donors (Lipinski definition) is 0. The zero-order chi connectivity index (χ0) is 26.5. The molecule has 2 saturated carbocycles. The molecule has 2 aliphatic rings. The minimum atomic E-state index is -0.480. The minimum absolute atomic E-state index is 0.0368. The zero-order valence-electron chi connectivity index (χ0n) is 24.4. The molecule has 0 aliphatic heterocycles. The van der Waals surface area contributed by atoms with Gasteiger partial charge in [0, 0.05) is 25.0 Å². The molecule has 6 nitrogen and oxygen atoms in total. The normalized spacial score (nSPS) is 21.5. The van der Waals surface area contributed by atoms with Gasteiger partial charge in [0.1, 0.15) is 5.60 Å².